The van der Waals surface area contributed by atoms with Crippen LogP contribution in [0.25, 0.3) is 0 Å². The van der Waals surface area contributed by atoms with E-state index in [0.717, 1.165) is 0 Å². The van der Waals surface area contributed by atoms with Crippen LogP contribution in [-0.4, -0.2) is 25.2 Å². The van der Waals surface area contributed by atoms with E-state index in [1.165, 1.54) is 37.8 Å². The number of hydrogen-bond acceptors (Lipinski definition) is 2. The molecule has 2 aliphatic heterocycles. The molecule has 2 aliphatic rings. The first-order chi connectivity index (χ1) is 8.78. The SMILES string of the molecule is CNC1CC2CCCC(C1)N2c1ccc(F)cc1. The number of benzene rings is 1. The third-order valence-corrected chi connectivity index (χ3v) is 4.51. The second-order valence-electron chi connectivity index (χ2n) is 5.58. The molecule has 2 nitrogen and oxygen atoms in total. The molecule has 0 radical (unpaired) electrons. The van der Waals surface area contributed by atoms with Crippen LogP contribution < -0.4 is 10.2 Å². The van der Waals surface area contributed by atoms with Crippen molar-refractivity contribution in [2.45, 2.75) is 50.2 Å². The standard InChI is InChI=1S/C15H21FN2/c1-17-12-9-14-3-2-4-15(10-12)18(14)13-7-5-11(16)6-8-13/h5-8,12,14-15,17H,2-4,9-10H2,1H3. The highest BCUT2D eigenvalue weighted by Gasteiger charge is 2.37. The van der Waals surface area contributed by atoms with Crippen LogP contribution in [0.4, 0.5) is 10.1 Å². The summed E-state index contributed by atoms with van der Waals surface area (Å²) in [4.78, 5) is 2.54. The zero-order valence-electron chi connectivity index (χ0n) is 10.9. The molecule has 2 fully saturated rings. The predicted octanol–water partition coefficient (Wildman–Crippen LogP) is 2.94. The number of piperidine rings is 2. The summed E-state index contributed by atoms with van der Waals surface area (Å²) in [6, 6.07) is 8.92. The van der Waals surface area contributed by atoms with Gasteiger partial charge in [0, 0.05) is 23.8 Å². The topological polar surface area (TPSA) is 15.3 Å². The maximum atomic E-state index is 13.0. The smallest absolute Gasteiger partial charge is 0.123 e. The number of hydrogen-bond donors (Lipinski definition) is 1. The molecule has 1 aromatic carbocycles. The summed E-state index contributed by atoms with van der Waals surface area (Å²) in [6.45, 7) is 0. The lowest BCUT2D eigenvalue weighted by atomic mass is 9.81. The molecule has 1 aromatic rings. The van der Waals surface area contributed by atoms with E-state index in [1.807, 2.05) is 12.1 Å². The van der Waals surface area contributed by atoms with Crippen LogP contribution in [0, 0.1) is 5.82 Å². The van der Waals surface area contributed by atoms with E-state index in [4.69, 9.17) is 0 Å². The van der Waals surface area contributed by atoms with Crippen molar-refractivity contribution >= 4 is 5.69 Å². The quantitative estimate of drug-likeness (QED) is 0.865. The molecule has 2 saturated heterocycles. The van der Waals surface area contributed by atoms with Crippen LogP contribution >= 0.6 is 0 Å². The predicted molar refractivity (Wildman–Crippen MR) is 72.4 cm³/mol. The minimum absolute atomic E-state index is 0.144. The summed E-state index contributed by atoms with van der Waals surface area (Å²) in [7, 11) is 2.06. The molecule has 98 valence electrons. The Kier molecular flexibility index (Phi) is 3.25. The average molecular weight is 248 g/mol. The maximum Gasteiger partial charge on any atom is 0.123 e. The zero-order chi connectivity index (χ0) is 12.5. The molecule has 3 heteroatoms. The van der Waals surface area contributed by atoms with Crippen molar-refractivity contribution in [2.24, 2.45) is 0 Å². The Morgan fingerprint density at radius 3 is 2.28 bits per heavy atom. The fourth-order valence-corrected chi connectivity index (χ4v) is 3.65. The summed E-state index contributed by atoms with van der Waals surface area (Å²) in [5, 5.41) is 3.43. The maximum absolute atomic E-state index is 13.0. The molecule has 0 spiro atoms. The summed E-state index contributed by atoms with van der Waals surface area (Å²) < 4.78 is 13.0. The van der Waals surface area contributed by atoms with E-state index < -0.39 is 0 Å². The molecular formula is C15H21FN2. The van der Waals surface area contributed by atoms with E-state index in [9.17, 15) is 4.39 Å². The molecule has 0 aromatic heterocycles. The second kappa shape index (κ2) is 4.88. The molecule has 2 atom stereocenters. The fourth-order valence-electron chi connectivity index (χ4n) is 3.65. The van der Waals surface area contributed by atoms with Crippen LogP contribution in [0.5, 0.6) is 0 Å². The minimum atomic E-state index is -0.144. The molecule has 2 bridgehead atoms. The van der Waals surface area contributed by atoms with Gasteiger partial charge in [0.15, 0.2) is 0 Å². The Morgan fingerprint density at radius 2 is 1.72 bits per heavy atom. The summed E-state index contributed by atoms with van der Waals surface area (Å²) in [6.07, 6.45) is 6.30. The number of anilines is 1. The summed E-state index contributed by atoms with van der Waals surface area (Å²) in [5.41, 5.74) is 1.20. The number of nitrogens with one attached hydrogen (secondary N) is 1. The Hall–Kier alpha value is -1.09. The average Bonchev–Trinajstić information content (AvgIpc) is 2.38. The van der Waals surface area contributed by atoms with Crippen LogP contribution in [0.3, 0.4) is 0 Å². The van der Waals surface area contributed by atoms with Gasteiger partial charge < -0.3 is 10.2 Å². The number of rotatable bonds is 2. The van der Waals surface area contributed by atoms with Gasteiger partial charge in [-0.15, -0.1) is 0 Å². The highest BCUT2D eigenvalue weighted by atomic mass is 19.1. The molecule has 0 saturated carbocycles. The fraction of sp³-hybridized carbons (Fsp3) is 0.600. The van der Waals surface area contributed by atoms with Gasteiger partial charge in [-0.25, -0.2) is 4.39 Å². The van der Waals surface area contributed by atoms with Crippen LogP contribution in [0.15, 0.2) is 24.3 Å². The van der Waals surface area contributed by atoms with E-state index in [1.54, 1.807) is 12.1 Å². The van der Waals surface area contributed by atoms with Crippen molar-refractivity contribution in [3.63, 3.8) is 0 Å². The molecule has 0 aliphatic carbocycles. The van der Waals surface area contributed by atoms with Gasteiger partial charge in [-0.05, 0) is 63.4 Å². The second-order valence-corrected chi connectivity index (χ2v) is 5.58. The van der Waals surface area contributed by atoms with Crippen molar-refractivity contribution in [3.8, 4) is 0 Å². The molecule has 2 heterocycles. The lowest BCUT2D eigenvalue weighted by Gasteiger charge is -2.50. The molecule has 0 amide bonds. The van der Waals surface area contributed by atoms with Crippen molar-refractivity contribution in [1.82, 2.24) is 5.32 Å². The molecule has 3 rings (SSSR count). The minimum Gasteiger partial charge on any atom is -0.365 e. The first-order valence-electron chi connectivity index (χ1n) is 6.99. The van der Waals surface area contributed by atoms with Gasteiger partial charge >= 0.3 is 0 Å². The monoisotopic (exact) mass is 248 g/mol. The third kappa shape index (κ3) is 2.12. The number of halogens is 1. The Bertz CT molecular complexity index is 389. The number of fused-ring (bicyclic) bond motifs is 2. The Labute approximate surface area is 108 Å². The molecule has 1 N–H and O–H groups in total. The zero-order valence-corrected chi connectivity index (χ0v) is 10.9. The lowest BCUT2D eigenvalue weighted by Crippen LogP contribution is -2.56. The van der Waals surface area contributed by atoms with E-state index in [-0.39, 0.29) is 5.82 Å². The van der Waals surface area contributed by atoms with E-state index in [2.05, 4.69) is 17.3 Å². The van der Waals surface area contributed by atoms with Crippen LogP contribution in [0.2, 0.25) is 0 Å². The number of nitrogens with zero attached hydrogens (tertiary/aromatic N) is 1. The van der Waals surface area contributed by atoms with Gasteiger partial charge in [-0.1, -0.05) is 0 Å². The van der Waals surface area contributed by atoms with Gasteiger partial charge in [-0.3, -0.25) is 0 Å². The first kappa shape index (κ1) is 12.0. The van der Waals surface area contributed by atoms with Gasteiger partial charge in [0.2, 0.25) is 0 Å². The highest BCUT2D eigenvalue weighted by Crippen LogP contribution is 2.37. The highest BCUT2D eigenvalue weighted by molar-refractivity contribution is 5.49. The largest absolute Gasteiger partial charge is 0.365 e. The summed E-state index contributed by atoms with van der Waals surface area (Å²) in [5.74, 6) is -0.144. The van der Waals surface area contributed by atoms with Crippen LogP contribution in [-0.2, 0) is 0 Å². The first-order valence-corrected chi connectivity index (χ1v) is 6.99. The van der Waals surface area contributed by atoms with Gasteiger partial charge in [0.1, 0.15) is 5.82 Å². The molecular weight excluding hydrogens is 227 g/mol. The molecule has 2 unspecified atom stereocenters. The van der Waals surface area contributed by atoms with E-state index in [0.29, 0.717) is 18.1 Å². The Balaban J connectivity index is 1.85. The third-order valence-electron chi connectivity index (χ3n) is 4.51. The summed E-state index contributed by atoms with van der Waals surface area (Å²) >= 11 is 0. The van der Waals surface area contributed by atoms with Crippen molar-refractivity contribution in [2.75, 3.05) is 11.9 Å². The molecule has 18 heavy (non-hydrogen) atoms. The van der Waals surface area contributed by atoms with Gasteiger partial charge in [-0.2, -0.15) is 0 Å². The van der Waals surface area contributed by atoms with E-state index >= 15 is 0 Å². The van der Waals surface area contributed by atoms with Crippen LogP contribution in [0.1, 0.15) is 32.1 Å². The van der Waals surface area contributed by atoms with Gasteiger partial charge in [0.05, 0.1) is 0 Å². The Morgan fingerprint density at radius 1 is 1.11 bits per heavy atom. The van der Waals surface area contributed by atoms with Crippen molar-refractivity contribution < 1.29 is 4.39 Å². The normalized spacial score (nSPS) is 31.4. The van der Waals surface area contributed by atoms with Gasteiger partial charge in [0.25, 0.3) is 0 Å². The van der Waals surface area contributed by atoms with Crippen molar-refractivity contribution in [3.05, 3.63) is 30.1 Å². The lowest BCUT2D eigenvalue weighted by molar-refractivity contribution is 0.252. The van der Waals surface area contributed by atoms with Crippen molar-refractivity contribution in [1.29, 1.82) is 0 Å².